The molecule has 2 saturated carbocycles. The molecule has 4 nitrogen and oxygen atoms in total. The molecular weight excluding hydrogens is 297 g/mol. The number of carbonyl (C=O) groups is 1. The minimum atomic E-state index is -4.59. The Kier molecular flexibility index (Phi) is 4.14. The fourth-order valence-electron chi connectivity index (χ4n) is 3.33. The summed E-state index contributed by atoms with van der Waals surface area (Å²) >= 11 is 0. The van der Waals surface area contributed by atoms with Gasteiger partial charge in [0, 0.05) is 19.1 Å². The van der Waals surface area contributed by atoms with Crippen LogP contribution in [0.2, 0.25) is 0 Å². The number of likely N-dealkylation sites (tertiary alicyclic amines) is 1. The van der Waals surface area contributed by atoms with Gasteiger partial charge >= 0.3 is 6.18 Å². The van der Waals surface area contributed by atoms with Crippen LogP contribution in [0.3, 0.4) is 0 Å². The predicted molar refractivity (Wildman–Crippen MR) is 74.1 cm³/mol. The summed E-state index contributed by atoms with van der Waals surface area (Å²) in [4.78, 5) is 13.8. The van der Waals surface area contributed by atoms with Crippen molar-refractivity contribution in [3.8, 4) is 0 Å². The Balaban J connectivity index is 1.45. The molecule has 0 aromatic rings. The zero-order chi connectivity index (χ0) is 16.0. The number of hydrogen-bond acceptors (Lipinski definition) is 3. The van der Waals surface area contributed by atoms with E-state index < -0.39 is 11.8 Å². The summed E-state index contributed by atoms with van der Waals surface area (Å²) in [6, 6.07) is 0.268. The summed E-state index contributed by atoms with van der Waals surface area (Å²) < 4.78 is 38.2. The lowest BCUT2D eigenvalue weighted by atomic mass is 9.91. The number of alkyl halides is 3. The topological polar surface area (TPSA) is 52.6 Å². The van der Waals surface area contributed by atoms with Gasteiger partial charge in [0.1, 0.15) is 0 Å². The van der Waals surface area contributed by atoms with Gasteiger partial charge in [0.15, 0.2) is 5.60 Å². The summed E-state index contributed by atoms with van der Waals surface area (Å²) in [5, 5.41) is 12.7. The van der Waals surface area contributed by atoms with Gasteiger partial charge in [0.05, 0.1) is 6.54 Å². The van der Waals surface area contributed by atoms with Gasteiger partial charge in [-0.2, -0.15) is 13.2 Å². The number of aliphatic hydroxyl groups is 1. The van der Waals surface area contributed by atoms with Gasteiger partial charge in [-0.15, -0.1) is 0 Å². The van der Waals surface area contributed by atoms with Crippen LogP contribution < -0.4 is 5.32 Å². The molecule has 2 aliphatic carbocycles. The Hall–Kier alpha value is -0.820. The molecular formula is C15H23F3N2O2. The van der Waals surface area contributed by atoms with Gasteiger partial charge in [-0.25, -0.2) is 0 Å². The highest BCUT2D eigenvalue weighted by molar-refractivity contribution is 5.78. The van der Waals surface area contributed by atoms with Gasteiger partial charge in [-0.05, 0) is 50.4 Å². The molecule has 3 aliphatic rings. The summed E-state index contributed by atoms with van der Waals surface area (Å²) in [7, 11) is 0. The zero-order valence-corrected chi connectivity index (χ0v) is 12.5. The van der Waals surface area contributed by atoms with Crippen LogP contribution in [-0.2, 0) is 4.79 Å². The van der Waals surface area contributed by atoms with Crippen molar-refractivity contribution in [3.05, 3.63) is 0 Å². The number of carbonyl (C=O) groups excluding carboxylic acids is 1. The summed E-state index contributed by atoms with van der Waals surface area (Å²) in [5.41, 5.74) is -2.59. The van der Waals surface area contributed by atoms with Crippen LogP contribution >= 0.6 is 0 Å². The molecule has 1 saturated heterocycles. The maximum absolute atomic E-state index is 12.7. The van der Waals surface area contributed by atoms with E-state index in [1.54, 1.807) is 4.90 Å². The molecule has 0 spiro atoms. The van der Waals surface area contributed by atoms with Crippen molar-refractivity contribution in [3.63, 3.8) is 0 Å². The van der Waals surface area contributed by atoms with Gasteiger partial charge < -0.3 is 10.4 Å². The van der Waals surface area contributed by atoms with E-state index in [-0.39, 0.29) is 44.4 Å². The van der Waals surface area contributed by atoms with Crippen molar-refractivity contribution in [1.29, 1.82) is 0 Å². The second kappa shape index (κ2) is 5.67. The smallest absolute Gasteiger partial charge is 0.380 e. The SMILES string of the molecule is O=C(CN1CCC(O)(C(F)(F)F)CC1)NC(C1CC1)C1CC1. The van der Waals surface area contributed by atoms with Crippen molar-refractivity contribution in [2.75, 3.05) is 19.6 Å². The van der Waals surface area contributed by atoms with Crippen LogP contribution in [0, 0.1) is 11.8 Å². The van der Waals surface area contributed by atoms with Crippen molar-refractivity contribution in [2.24, 2.45) is 11.8 Å². The average Bonchev–Trinajstić information content (AvgIpc) is 3.30. The molecule has 1 heterocycles. The normalized spacial score (nSPS) is 26.2. The Morgan fingerprint density at radius 1 is 1.18 bits per heavy atom. The highest BCUT2D eigenvalue weighted by atomic mass is 19.4. The van der Waals surface area contributed by atoms with E-state index in [9.17, 15) is 23.1 Å². The molecule has 3 rings (SSSR count). The standard InChI is InChI=1S/C15H23F3N2O2/c16-15(17,18)14(22)5-7-20(8-6-14)9-12(21)19-13(10-1-2-10)11-3-4-11/h10-11,13,22H,1-9H2,(H,19,21). The van der Waals surface area contributed by atoms with Crippen molar-refractivity contribution in [2.45, 2.75) is 56.3 Å². The maximum atomic E-state index is 12.7. The fourth-order valence-corrected chi connectivity index (χ4v) is 3.33. The molecule has 0 aromatic heterocycles. The van der Waals surface area contributed by atoms with Crippen LogP contribution in [0.5, 0.6) is 0 Å². The molecule has 1 aliphatic heterocycles. The summed E-state index contributed by atoms with van der Waals surface area (Å²) in [5.74, 6) is 1.11. The van der Waals surface area contributed by atoms with Gasteiger partial charge in [0.2, 0.25) is 5.91 Å². The lowest BCUT2D eigenvalue weighted by Crippen LogP contribution is -2.55. The second-order valence-corrected chi connectivity index (χ2v) is 7.07. The Morgan fingerprint density at radius 2 is 1.68 bits per heavy atom. The van der Waals surface area contributed by atoms with Crippen molar-refractivity contribution >= 4 is 5.91 Å². The Bertz CT molecular complexity index is 413. The molecule has 0 bridgehead atoms. The molecule has 3 fully saturated rings. The third kappa shape index (κ3) is 3.56. The molecule has 2 N–H and O–H groups in total. The van der Waals surface area contributed by atoms with Crippen LogP contribution in [0.1, 0.15) is 38.5 Å². The summed E-state index contributed by atoms with van der Waals surface area (Å²) in [6.07, 6.45) is -0.636. The lowest BCUT2D eigenvalue weighted by Gasteiger charge is -2.38. The highest BCUT2D eigenvalue weighted by Crippen LogP contribution is 2.44. The molecule has 22 heavy (non-hydrogen) atoms. The van der Waals surface area contributed by atoms with Crippen LogP contribution in [0.15, 0.2) is 0 Å². The largest absolute Gasteiger partial charge is 0.417 e. The van der Waals surface area contributed by atoms with Crippen molar-refractivity contribution in [1.82, 2.24) is 10.2 Å². The third-order valence-corrected chi connectivity index (χ3v) is 5.17. The van der Waals surface area contributed by atoms with Gasteiger partial charge in [0.25, 0.3) is 0 Å². The summed E-state index contributed by atoms with van der Waals surface area (Å²) in [6.45, 7) is 0.325. The highest BCUT2D eigenvalue weighted by Gasteiger charge is 2.54. The van der Waals surface area contributed by atoms with E-state index in [0.29, 0.717) is 11.8 Å². The van der Waals surface area contributed by atoms with E-state index in [1.807, 2.05) is 0 Å². The second-order valence-electron chi connectivity index (χ2n) is 7.07. The number of piperidine rings is 1. The molecule has 0 unspecified atom stereocenters. The first-order valence-corrected chi connectivity index (χ1v) is 8.09. The number of hydrogen-bond donors (Lipinski definition) is 2. The maximum Gasteiger partial charge on any atom is 0.417 e. The molecule has 0 atom stereocenters. The van der Waals surface area contributed by atoms with E-state index >= 15 is 0 Å². The molecule has 1 amide bonds. The first-order chi connectivity index (χ1) is 10.3. The molecule has 0 aromatic carbocycles. The Morgan fingerprint density at radius 3 is 2.09 bits per heavy atom. The number of rotatable bonds is 5. The Labute approximate surface area is 128 Å². The number of amides is 1. The molecule has 126 valence electrons. The lowest BCUT2D eigenvalue weighted by molar-refractivity contribution is -0.272. The molecule has 7 heteroatoms. The number of nitrogens with zero attached hydrogens (tertiary/aromatic N) is 1. The van der Waals surface area contributed by atoms with E-state index in [4.69, 9.17) is 0 Å². The first-order valence-electron chi connectivity index (χ1n) is 8.09. The minimum absolute atomic E-state index is 0.0961. The minimum Gasteiger partial charge on any atom is -0.380 e. The first kappa shape index (κ1) is 16.1. The molecule has 0 radical (unpaired) electrons. The van der Waals surface area contributed by atoms with Crippen LogP contribution in [0.4, 0.5) is 13.2 Å². The fraction of sp³-hybridized carbons (Fsp3) is 0.933. The third-order valence-electron chi connectivity index (χ3n) is 5.17. The van der Waals surface area contributed by atoms with E-state index in [1.165, 1.54) is 25.7 Å². The monoisotopic (exact) mass is 320 g/mol. The van der Waals surface area contributed by atoms with Crippen LogP contribution in [-0.4, -0.2) is 53.4 Å². The predicted octanol–water partition coefficient (Wildman–Crippen LogP) is 1.68. The average molecular weight is 320 g/mol. The van der Waals surface area contributed by atoms with E-state index in [0.717, 1.165) is 0 Å². The van der Waals surface area contributed by atoms with E-state index in [2.05, 4.69) is 5.32 Å². The zero-order valence-electron chi connectivity index (χ0n) is 12.5. The number of nitrogens with one attached hydrogen (secondary N) is 1. The quantitative estimate of drug-likeness (QED) is 0.810. The van der Waals surface area contributed by atoms with Crippen molar-refractivity contribution < 1.29 is 23.1 Å². The number of halogens is 3. The van der Waals surface area contributed by atoms with Gasteiger partial charge in [-0.1, -0.05) is 0 Å². The van der Waals surface area contributed by atoms with Gasteiger partial charge in [-0.3, -0.25) is 9.69 Å². The van der Waals surface area contributed by atoms with Crippen LogP contribution in [0.25, 0.3) is 0 Å².